The summed E-state index contributed by atoms with van der Waals surface area (Å²) in [7, 11) is 1.38. The van der Waals surface area contributed by atoms with Crippen LogP contribution in [-0.2, 0) is 18.3 Å². The molecule has 0 unspecified atom stereocenters. The Hall–Kier alpha value is -3.25. The van der Waals surface area contributed by atoms with Gasteiger partial charge in [-0.05, 0) is 57.4 Å². The lowest BCUT2D eigenvalue weighted by Crippen LogP contribution is -2.49. The highest BCUT2D eigenvalue weighted by Crippen LogP contribution is 2.24. The monoisotopic (exact) mass is 473 g/mol. The molecule has 33 heavy (non-hydrogen) atoms. The van der Waals surface area contributed by atoms with Crippen molar-refractivity contribution in [3.05, 3.63) is 61.4 Å². The Kier molecular flexibility index (Phi) is 7.18. The number of hydrogen-bond acceptors (Lipinski definition) is 6. The number of anilines is 1. The second-order valence-corrected chi connectivity index (χ2v) is 9.50. The number of amides is 1. The van der Waals surface area contributed by atoms with Crippen LogP contribution in [0.2, 0.25) is 5.15 Å². The lowest BCUT2D eigenvalue weighted by molar-refractivity contribution is 0.0500. The predicted molar refractivity (Wildman–Crippen MR) is 126 cm³/mol. The first-order valence-corrected chi connectivity index (χ1v) is 11.1. The second kappa shape index (κ2) is 9.71. The molecule has 1 N–H and O–H groups in total. The maximum atomic E-state index is 12.5. The molecule has 1 atom stereocenters. The van der Waals surface area contributed by atoms with Gasteiger partial charge in [-0.1, -0.05) is 11.6 Å². The van der Waals surface area contributed by atoms with Crippen molar-refractivity contribution in [2.24, 2.45) is 7.05 Å². The van der Waals surface area contributed by atoms with Gasteiger partial charge in [0.2, 0.25) is 0 Å². The van der Waals surface area contributed by atoms with Gasteiger partial charge < -0.3 is 15.0 Å². The van der Waals surface area contributed by atoms with Crippen LogP contribution in [0.3, 0.4) is 0 Å². The summed E-state index contributed by atoms with van der Waals surface area (Å²) in [5, 5.41) is 12.5. The zero-order chi connectivity index (χ0) is 24.3. The van der Waals surface area contributed by atoms with Crippen molar-refractivity contribution in [1.82, 2.24) is 14.5 Å². The lowest BCUT2D eigenvalue weighted by atomic mass is 10.0. The number of aromatic nitrogens is 2. The van der Waals surface area contributed by atoms with Gasteiger partial charge in [0.25, 0.3) is 5.56 Å². The van der Waals surface area contributed by atoms with Crippen molar-refractivity contribution in [3.8, 4) is 6.07 Å². The third kappa shape index (κ3) is 5.96. The number of rotatable bonds is 4. The van der Waals surface area contributed by atoms with E-state index in [4.69, 9.17) is 16.3 Å². The van der Waals surface area contributed by atoms with Crippen molar-refractivity contribution >= 4 is 23.4 Å². The number of nitrogens with one attached hydrogen (secondary N) is 1. The molecule has 1 aromatic carbocycles. The number of nitriles is 1. The number of benzene rings is 1. The Morgan fingerprint density at radius 2 is 2.03 bits per heavy atom. The highest BCUT2D eigenvalue weighted by Gasteiger charge is 2.25. The van der Waals surface area contributed by atoms with E-state index in [2.05, 4.69) is 16.3 Å². The van der Waals surface area contributed by atoms with Crippen molar-refractivity contribution in [2.75, 3.05) is 18.0 Å². The first-order valence-electron chi connectivity index (χ1n) is 10.7. The molecule has 0 radical (unpaired) electrons. The van der Waals surface area contributed by atoms with E-state index in [9.17, 15) is 19.6 Å². The number of halogens is 1. The van der Waals surface area contributed by atoms with E-state index >= 15 is 0 Å². The Morgan fingerprint density at radius 3 is 2.70 bits per heavy atom. The molecule has 10 heteroatoms. The van der Waals surface area contributed by atoms with Gasteiger partial charge in [0.1, 0.15) is 10.8 Å². The smallest absolute Gasteiger partial charge is 0.407 e. The van der Waals surface area contributed by atoms with Crippen LogP contribution in [0.4, 0.5) is 10.5 Å². The minimum Gasteiger partial charge on any atom is -0.444 e. The Balaban J connectivity index is 1.83. The fraction of sp³-hybridized carbons (Fsp3) is 0.478. The number of carbonyl (C=O) groups excluding carboxylic acids is 1. The van der Waals surface area contributed by atoms with E-state index < -0.39 is 22.9 Å². The Labute approximate surface area is 197 Å². The van der Waals surface area contributed by atoms with Gasteiger partial charge in [0.15, 0.2) is 0 Å². The van der Waals surface area contributed by atoms with Gasteiger partial charge in [-0.2, -0.15) is 5.26 Å². The largest absolute Gasteiger partial charge is 0.444 e. The van der Waals surface area contributed by atoms with Crippen LogP contribution in [0.5, 0.6) is 0 Å². The number of carbonyl (C=O) groups is 1. The third-order valence-electron chi connectivity index (χ3n) is 5.39. The molecule has 9 nitrogen and oxygen atoms in total. The standard InChI is InChI=1S/C23H28ClN5O4/c1-23(2,3)33-21(31)26-17-6-5-9-28(14-17)18-8-7-15(12-25)16(10-18)13-29-19(24)11-20(30)27(4)22(29)32/h7-8,10-11,17H,5-6,9,13-14H2,1-4H3,(H,26,31)/t17-/m1/s1. The van der Waals surface area contributed by atoms with Crippen LogP contribution >= 0.6 is 11.6 Å². The molecular weight excluding hydrogens is 446 g/mol. The molecule has 1 aliphatic heterocycles. The zero-order valence-electron chi connectivity index (χ0n) is 19.2. The Morgan fingerprint density at radius 1 is 1.30 bits per heavy atom. The average Bonchev–Trinajstić information content (AvgIpc) is 2.74. The Bertz CT molecular complexity index is 1210. The van der Waals surface area contributed by atoms with Gasteiger partial charge in [0.05, 0.1) is 18.2 Å². The first-order chi connectivity index (χ1) is 15.5. The van der Waals surface area contributed by atoms with Crippen molar-refractivity contribution in [3.63, 3.8) is 0 Å². The molecule has 3 rings (SSSR count). The number of ether oxygens (including phenoxy) is 1. The summed E-state index contributed by atoms with van der Waals surface area (Å²) in [5.74, 6) is 0. The third-order valence-corrected chi connectivity index (χ3v) is 5.71. The summed E-state index contributed by atoms with van der Waals surface area (Å²) in [6.07, 6.45) is 1.27. The van der Waals surface area contributed by atoms with E-state index in [0.717, 1.165) is 29.6 Å². The summed E-state index contributed by atoms with van der Waals surface area (Å²) < 4.78 is 7.59. The molecule has 1 amide bonds. The van der Waals surface area contributed by atoms with Gasteiger partial charge in [-0.3, -0.25) is 13.9 Å². The lowest BCUT2D eigenvalue weighted by Gasteiger charge is -2.35. The zero-order valence-corrected chi connectivity index (χ0v) is 20.0. The molecule has 0 aliphatic carbocycles. The molecule has 0 saturated carbocycles. The normalized spacial score (nSPS) is 16.2. The van der Waals surface area contributed by atoms with Gasteiger partial charge in [-0.15, -0.1) is 0 Å². The fourth-order valence-corrected chi connectivity index (χ4v) is 4.00. The number of piperidine rings is 1. The van der Waals surface area contributed by atoms with Crippen molar-refractivity contribution in [2.45, 2.75) is 51.8 Å². The molecule has 0 bridgehead atoms. The van der Waals surface area contributed by atoms with E-state index in [1.807, 2.05) is 32.9 Å². The molecule has 1 aromatic heterocycles. The second-order valence-electron chi connectivity index (χ2n) is 9.12. The van der Waals surface area contributed by atoms with Crippen molar-refractivity contribution < 1.29 is 9.53 Å². The van der Waals surface area contributed by atoms with Crippen LogP contribution in [0, 0.1) is 11.3 Å². The fourth-order valence-electron chi connectivity index (χ4n) is 3.78. The molecule has 2 aromatic rings. The molecule has 0 spiro atoms. The number of hydrogen-bond donors (Lipinski definition) is 1. The van der Waals surface area contributed by atoms with E-state index in [0.29, 0.717) is 17.7 Å². The summed E-state index contributed by atoms with van der Waals surface area (Å²) in [6.45, 7) is 6.89. The predicted octanol–water partition coefficient (Wildman–Crippen LogP) is 2.61. The summed E-state index contributed by atoms with van der Waals surface area (Å²) in [5.41, 5.74) is 0.277. The molecule has 2 heterocycles. The molecule has 1 aliphatic rings. The van der Waals surface area contributed by atoms with Crippen LogP contribution in [0.15, 0.2) is 33.9 Å². The maximum absolute atomic E-state index is 12.5. The molecular formula is C23H28ClN5O4. The SMILES string of the molecule is Cn1c(=O)cc(Cl)n(Cc2cc(N3CCC[C@@H](NC(=O)OC(C)(C)C)C3)ccc2C#N)c1=O. The number of alkyl carbamates (subject to hydrolysis) is 1. The van der Waals surface area contributed by atoms with Crippen LogP contribution < -0.4 is 21.5 Å². The minimum atomic E-state index is -0.569. The summed E-state index contributed by atoms with van der Waals surface area (Å²) >= 11 is 6.16. The molecule has 1 fully saturated rings. The summed E-state index contributed by atoms with van der Waals surface area (Å²) in [6, 6.07) is 8.65. The van der Waals surface area contributed by atoms with E-state index in [1.165, 1.54) is 17.7 Å². The minimum absolute atomic E-state index is 0.0111. The molecule has 1 saturated heterocycles. The average molecular weight is 474 g/mol. The maximum Gasteiger partial charge on any atom is 0.407 e. The van der Waals surface area contributed by atoms with Gasteiger partial charge >= 0.3 is 11.8 Å². The van der Waals surface area contributed by atoms with Crippen LogP contribution in [-0.4, -0.2) is 40.0 Å². The van der Waals surface area contributed by atoms with Gasteiger partial charge in [0, 0.05) is 37.9 Å². The highest BCUT2D eigenvalue weighted by atomic mass is 35.5. The highest BCUT2D eigenvalue weighted by molar-refractivity contribution is 6.29. The first kappa shape index (κ1) is 24.4. The van der Waals surface area contributed by atoms with E-state index in [1.54, 1.807) is 6.07 Å². The summed E-state index contributed by atoms with van der Waals surface area (Å²) in [4.78, 5) is 38.6. The van der Waals surface area contributed by atoms with E-state index in [-0.39, 0.29) is 17.7 Å². The van der Waals surface area contributed by atoms with Crippen LogP contribution in [0.1, 0.15) is 44.7 Å². The van der Waals surface area contributed by atoms with Crippen molar-refractivity contribution in [1.29, 1.82) is 5.26 Å². The topological polar surface area (TPSA) is 109 Å². The quantitative estimate of drug-likeness (QED) is 0.683. The number of nitrogens with zero attached hydrogens (tertiary/aromatic N) is 4. The molecule has 176 valence electrons. The van der Waals surface area contributed by atoms with Crippen LogP contribution in [0.25, 0.3) is 0 Å². The van der Waals surface area contributed by atoms with Gasteiger partial charge in [-0.25, -0.2) is 9.59 Å².